The van der Waals surface area contributed by atoms with Crippen LogP contribution in [0.3, 0.4) is 0 Å². The number of anilines is 1. The first-order chi connectivity index (χ1) is 19.3. The average molecular weight is 562 g/mol. The third kappa shape index (κ3) is 4.23. The maximum absolute atomic E-state index is 14.1. The van der Waals surface area contributed by atoms with Crippen molar-refractivity contribution in [1.82, 2.24) is 4.90 Å². The number of fused-ring (bicyclic) bond motifs is 3. The molecule has 0 aliphatic heterocycles. The van der Waals surface area contributed by atoms with Crippen molar-refractivity contribution >= 4 is 23.2 Å². The number of aromatic hydroxyl groups is 1. The van der Waals surface area contributed by atoms with Crippen LogP contribution >= 0.6 is 0 Å². The number of nitrogens with two attached hydrogens (primary N) is 1. The van der Waals surface area contributed by atoms with Crippen molar-refractivity contribution in [3.8, 4) is 17.6 Å². The molecule has 6 N–H and O–H groups in total. The molecule has 1 aromatic rings. The molecule has 4 atom stereocenters. The number of nitrogens with zero attached hydrogens (tertiary/aromatic N) is 2. The lowest BCUT2D eigenvalue weighted by atomic mass is 9.58. The van der Waals surface area contributed by atoms with Gasteiger partial charge in [0.25, 0.3) is 5.91 Å². The van der Waals surface area contributed by atoms with Crippen LogP contribution in [0.4, 0.5) is 5.69 Å². The Balaban J connectivity index is 1.70. The number of primary amides is 1. The van der Waals surface area contributed by atoms with Gasteiger partial charge in [-0.2, -0.15) is 0 Å². The lowest BCUT2D eigenvalue weighted by Crippen LogP contribution is -2.63. The van der Waals surface area contributed by atoms with Gasteiger partial charge in [0.05, 0.1) is 17.2 Å². The van der Waals surface area contributed by atoms with E-state index in [1.165, 1.54) is 4.90 Å². The van der Waals surface area contributed by atoms with Gasteiger partial charge in [-0.25, -0.2) is 0 Å². The molecule has 5 rings (SSSR count). The van der Waals surface area contributed by atoms with Crippen LogP contribution in [-0.2, 0) is 16.0 Å². The fourth-order valence-corrected chi connectivity index (χ4v) is 6.89. The number of rotatable bonds is 3. The van der Waals surface area contributed by atoms with E-state index in [0.717, 1.165) is 31.3 Å². The van der Waals surface area contributed by atoms with Crippen LogP contribution in [0.15, 0.2) is 40.4 Å². The highest BCUT2D eigenvalue weighted by molar-refractivity contribution is 6.25. The van der Waals surface area contributed by atoms with E-state index in [1.54, 1.807) is 20.2 Å². The smallest absolute Gasteiger partial charge is 0.255 e. The van der Waals surface area contributed by atoms with Crippen LogP contribution in [0.1, 0.15) is 53.6 Å². The number of Topliss-reactive ketones (excluding diaryl/α,β-unsaturated/α-hetero) is 2. The van der Waals surface area contributed by atoms with E-state index >= 15 is 0 Å². The summed E-state index contributed by atoms with van der Waals surface area (Å²) in [5.74, 6) is -0.623. The van der Waals surface area contributed by atoms with E-state index in [2.05, 4.69) is 17.9 Å². The molecular formula is C31H35N3O7. The predicted octanol–water partition coefficient (Wildman–Crippen LogP) is 2.04. The third-order valence-electron chi connectivity index (χ3n) is 8.83. The number of hydrogen-bond donors (Lipinski definition) is 5. The Hall–Kier alpha value is -4.07. The van der Waals surface area contributed by atoms with Crippen LogP contribution in [0.2, 0.25) is 0 Å². The van der Waals surface area contributed by atoms with Crippen molar-refractivity contribution in [2.45, 2.75) is 50.2 Å². The topological polar surface area (TPSA) is 165 Å². The molecule has 0 fully saturated rings. The number of allylic oxidation sites excluding steroid dienone is 3. The zero-order valence-corrected chi connectivity index (χ0v) is 23.6. The first-order valence-electron chi connectivity index (χ1n) is 13.7. The molecule has 0 saturated carbocycles. The molecule has 4 aliphatic carbocycles. The predicted molar refractivity (Wildman–Crippen MR) is 151 cm³/mol. The Morgan fingerprint density at radius 1 is 1.10 bits per heavy atom. The number of phenolic OH excluding ortho intramolecular Hbond substituents is 1. The normalized spacial score (nSPS) is 27.5. The number of carbonyl (C=O) groups excluding carboxylic acids is 3. The number of hydrogen-bond acceptors (Lipinski definition) is 9. The lowest BCUT2D eigenvalue weighted by Gasteiger charge is -2.50. The molecule has 0 heterocycles. The number of aliphatic hydroxyl groups excluding tert-OH is 2. The molecule has 0 saturated heterocycles. The van der Waals surface area contributed by atoms with Gasteiger partial charge in [0, 0.05) is 31.3 Å². The van der Waals surface area contributed by atoms with Crippen molar-refractivity contribution < 1.29 is 34.8 Å². The minimum Gasteiger partial charge on any atom is -0.510 e. The molecule has 0 aromatic heterocycles. The summed E-state index contributed by atoms with van der Waals surface area (Å²) in [6, 6.07) is 0.709. The van der Waals surface area contributed by atoms with Gasteiger partial charge < -0.3 is 31.1 Å². The minimum atomic E-state index is -2.67. The molecule has 0 spiro atoms. The average Bonchev–Trinajstić information content (AvgIpc) is 2.90. The molecule has 1 aromatic carbocycles. The second-order valence-corrected chi connectivity index (χ2v) is 11.7. The van der Waals surface area contributed by atoms with E-state index in [-0.39, 0.29) is 35.3 Å². The highest BCUT2D eigenvalue weighted by atomic mass is 16.3. The number of amides is 1. The zero-order valence-electron chi connectivity index (χ0n) is 23.6. The quantitative estimate of drug-likeness (QED) is 0.274. The molecular weight excluding hydrogens is 526 g/mol. The summed E-state index contributed by atoms with van der Waals surface area (Å²) in [5, 5.41) is 45.5. The van der Waals surface area contributed by atoms with Gasteiger partial charge in [-0.1, -0.05) is 17.9 Å². The number of phenols is 1. The number of ketones is 2. The van der Waals surface area contributed by atoms with Crippen molar-refractivity contribution in [1.29, 1.82) is 0 Å². The molecule has 0 radical (unpaired) electrons. The summed E-state index contributed by atoms with van der Waals surface area (Å²) >= 11 is 0. The maximum Gasteiger partial charge on any atom is 0.255 e. The fraction of sp³-hybridized carbons (Fsp3) is 0.452. The number of carbonyl (C=O) groups is 3. The van der Waals surface area contributed by atoms with E-state index in [1.807, 2.05) is 19.0 Å². The maximum atomic E-state index is 14.1. The highest BCUT2D eigenvalue weighted by Gasteiger charge is 2.63. The van der Waals surface area contributed by atoms with Gasteiger partial charge in [-0.3, -0.25) is 19.3 Å². The van der Waals surface area contributed by atoms with Gasteiger partial charge in [-0.15, -0.1) is 0 Å². The first kappa shape index (κ1) is 28.5. The van der Waals surface area contributed by atoms with Crippen LogP contribution in [0.25, 0.3) is 0 Å². The summed E-state index contributed by atoms with van der Waals surface area (Å²) in [7, 11) is 6.83. The Morgan fingerprint density at radius 2 is 1.80 bits per heavy atom. The van der Waals surface area contributed by atoms with E-state index in [0.29, 0.717) is 11.3 Å². The standard InChI is InChI=1S/C31H35N3O7/c1-33(2)20-14-16(11-10-15-8-6-5-7-9-15)25(35)22-18(20)12-17-13-19-24(34(3)4)27(37)23(30(32)40)29(39)31(19,41)28(38)21(17)26(22)36/h8,14,17,19,24,35,37-38,41H,5-7,9,12-13H2,1-4H3,(H2,32,40)/t17-,19+,24+,31-/m1/s1. The summed E-state index contributed by atoms with van der Waals surface area (Å²) in [5.41, 5.74) is 4.13. The fourth-order valence-electron chi connectivity index (χ4n) is 6.89. The molecule has 10 nitrogen and oxygen atoms in total. The van der Waals surface area contributed by atoms with E-state index in [4.69, 9.17) is 5.73 Å². The monoisotopic (exact) mass is 561 g/mol. The van der Waals surface area contributed by atoms with Gasteiger partial charge in [-0.05, 0) is 75.7 Å². The van der Waals surface area contributed by atoms with Gasteiger partial charge in [0.15, 0.2) is 11.4 Å². The van der Waals surface area contributed by atoms with Crippen molar-refractivity contribution in [3.05, 3.63) is 57.1 Å². The SMILES string of the molecule is CN(C)c1cc(C#CC2=CCCCC2)c(O)c2c1C[C@@H]1C[C@H]3[C@H](N(C)C)C(O)=C(C(N)=O)C(=O)[C@]3(O)C(O)=C1C2=O. The van der Waals surface area contributed by atoms with Crippen LogP contribution in [0, 0.1) is 23.7 Å². The van der Waals surface area contributed by atoms with Gasteiger partial charge >= 0.3 is 0 Å². The van der Waals surface area contributed by atoms with E-state index in [9.17, 15) is 34.8 Å². The van der Waals surface area contributed by atoms with Crippen LogP contribution in [0.5, 0.6) is 5.75 Å². The molecule has 0 unspecified atom stereocenters. The second kappa shape index (κ2) is 10.1. The third-order valence-corrected chi connectivity index (χ3v) is 8.83. The molecule has 216 valence electrons. The number of aliphatic hydroxyl groups is 3. The number of benzene rings is 1. The second-order valence-electron chi connectivity index (χ2n) is 11.7. The van der Waals surface area contributed by atoms with Crippen LogP contribution in [-0.4, -0.2) is 82.6 Å². The molecule has 0 bridgehead atoms. The Bertz CT molecular complexity index is 1540. The highest BCUT2D eigenvalue weighted by Crippen LogP contribution is 2.53. The van der Waals surface area contributed by atoms with Crippen LogP contribution < -0.4 is 10.6 Å². The molecule has 41 heavy (non-hydrogen) atoms. The Kier molecular flexibility index (Phi) is 7.00. The molecule has 1 amide bonds. The van der Waals surface area contributed by atoms with Crippen molar-refractivity contribution in [2.24, 2.45) is 17.6 Å². The van der Waals surface area contributed by atoms with Gasteiger partial charge in [0.1, 0.15) is 22.8 Å². The lowest BCUT2D eigenvalue weighted by molar-refractivity contribution is -0.148. The van der Waals surface area contributed by atoms with Crippen molar-refractivity contribution in [2.75, 3.05) is 33.1 Å². The number of likely N-dealkylation sites (N-methyl/N-ethyl adjacent to an activating group) is 1. The summed E-state index contributed by atoms with van der Waals surface area (Å²) in [6.45, 7) is 0. The first-order valence-corrected chi connectivity index (χ1v) is 13.7. The minimum absolute atomic E-state index is 0.0368. The van der Waals surface area contributed by atoms with E-state index < -0.39 is 58.0 Å². The summed E-state index contributed by atoms with van der Waals surface area (Å²) in [4.78, 5) is 43.1. The Morgan fingerprint density at radius 3 is 2.39 bits per heavy atom. The Labute approximate surface area is 238 Å². The largest absolute Gasteiger partial charge is 0.510 e. The molecule has 10 heteroatoms. The summed E-state index contributed by atoms with van der Waals surface area (Å²) < 4.78 is 0. The van der Waals surface area contributed by atoms with Gasteiger partial charge in [0.2, 0.25) is 5.78 Å². The summed E-state index contributed by atoms with van der Waals surface area (Å²) in [6.07, 6.45) is 6.26. The molecule has 4 aliphatic rings. The van der Waals surface area contributed by atoms with Crippen molar-refractivity contribution in [3.63, 3.8) is 0 Å². The zero-order chi connectivity index (χ0) is 30.0.